The maximum Gasteiger partial charge on any atom is 0.241 e. The van der Waals surface area contributed by atoms with Gasteiger partial charge < -0.3 is 11.1 Å². The first-order chi connectivity index (χ1) is 11.0. The Balaban J connectivity index is 2.87. The lowest BCUT2D eigenvalue weighted by atomic mass is 10.1. The highest BCUT2D eigenvalue weighted by atomic mass is 32.2. The number of hydrogen-bond donors (Lipinski definition) is 3. The third-order valence-electron chi connectivity index (χ3n) is 3.27. The zero-order valence-corrected chi connectivity index (χ0v) is 16.3. The molecule has 0 aliphatic carbocycles. The van der Waals surface area contributed by atoms with Crippen molar-refractivity contribution in [2.75, 3.05) is 18.6 Å². The van der Waals surface area contributed by atoms with E-state index < -0.39 is 21.6 Å². The number of nitrogens with one attached hydrogen (secondary N) is 2. The maximum absolute atomic E-state index is 12.5. The summed E-state index contributed by atoms with van der Waals surface area (Å²) in [5, 5.41) is 2.71. The van der Waals surface area contributed by atoms with Crippen LogP contribution >= 0.6 is 11.8 Å². The minimum Gasteiger partial charge on any atom is -0.353 e. The van der Waals surface area contributed by atoms with Crippen LogP contribution in [0.1, 0.15) is 25.8 Å². The van der Waals surface area contributed by atoms with Crippen LogP contribution in [0.4, 0.5) is 0 Å². The molecule has 1 rings (SSSR count). The quantitative estimate of drug-likeness (QED) is 0.605. The zero-order chi connectivity index (χ0) is 18.4. The molecule has 0 aliphatic heterocycles. The maximum atomic E-state index is 12.5. The van der Waals surface area contributed by atoms with E-state index in [9.17, 15) is 13.2 Å². The first-order valence-corrected chi connectivity index (χ1v) is 10.6. The summed E-state index contributed by atoms with van der Waals surface area (Å²) >= 11 is 1.56. The van der Waals surface area contributed by atoms with Crippen LogP contribution in [-0.2, 0) is 14.8 Å². The lowest BCUT2D eigenvalue weighted by molar-refractivity contribution is -0.123. The summed E-state index contributed by atoms with van der Waals surface area (Å²) in [4.78, 5) is 12.5. The molecule has 136 valence electrons. The Kier molecular flexibility index (Phi) is 7.72. The molecule has 1 unspecified atom stereocenters. The second kappa shape index (κ2) is 8.84. The van der Waals surface area contributed by atoms with Crippen molar-refractivity contribution in [1.82, 2.24) is 10.0 Å². The van der Waals surface area contributed by atoms with E-state index >= 15 is 0 Å². The molecule has 1 atom stereocenters. The van der Waals surface area contributed by atoms with Crippen molar-refractivity contribution in [3.05, 3.63) is 29.8 Å². The van der Waals surface area contributed by atoms with E-state index in [4.69, 9.17) is 5.73 Å². The lowest BCUT2D eigenvalue weighted by Crippen LogP contribution is -2.52. The number of thioether (sulfide) groups is 1. The van der Waals surface area contributed by atoms with Gasteiger partial charge in [0.25, 0.3) is 0 Å². The lowest BCUT2D eigenvalue weighted by Gasteiger charge is -2.23. The number of carbonyl (C=O) groups is 1. The van der Waals surface area contributed by atoms with Gasteiger partial charge in [-0.05, 0) is 51.3 Å². The topological polar surface area (TPSA) is 101 Å². The predicted octanol–water partition coefficient (Wildman–Crippen LogP) is 1.25. The molecule has 1 aromatic rings. The first kappa shape index (κ1) is 21.0. The van der Waals surface area contributed by atoms with Crippen molar-refractivity contribution in [2.45, 2.75) is 43.7 Å². The standard InChI is InChI=1S/C16H27N3O3S2/c1-12-5-7-13(8-6-12)24(21,22)19-14(9-10-23-4)15(20)18-11-16(2,3)17/h5-8,14,19H,9-11,17H2,1-4H3,(H,18,20). The minimum absolute atomic E-state index is 0.147. The van der Waals surface area contributed by atoms with Crippen molar-refractivity contribution in [3.63, 3.8) is 0 Å². The summed E-state index contributed by atoms with van der Waals surface area (Å²) in [6.45, 7) is 5.74. The molecule has 6 nitrogen and oxygen atoms in total. The molecular formula is C16H27N3O3S2. The minimum atomic E-state index is -3.76. The number of carbonyl (C=O) groups excluding carboxylic acids is 1. The fourth-order valence-electron chi connectivity index (χ4n) is 1.89. The monoisotopic (exact) mass is 373 g/mol. The molecule has 0 bridgehead atoms. The molecule has 0 heterocycles. The van der Waals surface area contributed by atoms with Crippen LogP contribution in [0.5, 0.6) is 0 Å². The van der Waals surface area contributed by atoms with Crippen LogP contribution in [0.15, 0.2) is 29.2 Å². The molecule has 0 saturated carbocycles. The van der Waals surface area contributed by atoms with Gasteiger partial charge in [0.05, 0.1) is 4.90 Å². The smallest absolute Gasteiger partial charge is 0.241 e. The molecule has 4 N–H and O–H groups in total. The summed E-state index contributed by atoms with van der Waals surface area (Å²) in [6, 6.07) is 5.69. The van der Waals surface area contributed by atoms with Crippen LogP contribution in [0.25, 0.3) is 0 Å². The van der Waals surface area contributed by atoms with Gasteiger partial charge in [0.15, 0.2) is 0 Å². The molecule has 0 aliphatic rings. The van der Waals surface area contributed by atoms with E-state index in [1.54, 1.807) is 37.7 Å². The van der Waals surface area contributed by atoms with Crippen molar-refractivity contribution in [3.8, 4) is 0 Å². The van der Waals surface area contributed by atoms with Crippen molar-refractivity contribution in [2.24, 2.45) is 5.73 Å². The Morgan fingerprint density at radius 2 is 1.88 bits per heavy atom. The van der Waals surface area contributed by atoms with Gasteiger partial charge in [0, 0.05) is 12.1 Å². The van der Waals surface area contributed by atoms with Crippen molar-refractivity contribution < 1.29 is 13.2 Å². The number of hydrogen-bond acceptors (Lipinski definition) is 5. The first-order valence-electron chi connectivity index (χ1n) is 7.70. The van der Waals surface area contributed by atoms with Gasteiger partial charge in [0.1, 0.15) is 6.04 Å². The van der Waals surface area contributed by atoms with Crippen LogP contribution < -0.4 is 15.8 Å². The third-order valence-corrected chi connectivity index (χ3v) is 5.41. The van der Waals surface area contributed by atoms with E-state index in [1.165, 1.54) is 12.1 Å². The number of benzene rings is 1. The Bertz CT molecular complexity index is 638. The molecular weight excluding hydrogens is 346 g/mol. The average Bonchev–Trinajstić information content (AvgIpc) is 2.48. The molecule has 0 aromatic heterocycles. The second-order valence-corrected chi connectivity index (χ2v) is 9.17. The zero-order valence-electron chi connectivity index (χ0n) is 14.6. The third kappa shape index (κ3) is 7.21. The largest absolute Gasteiger partial charge is 0.353 e. The summed E-state index contributed by atoms with van der Waals surface area (Å²) in [5.41, 5.74) is 6.27. The Morgan fingerprint density at radius 1 is 1.29 bits per heavy atom. The fraction of sp³-hybridized carbons (Fsp3) is 0.562. The molecule has 0 saturated heterocycles. The summed E-state index contributed by atoms with van der Waals surface area (Å²) in [7, 11) is -3.76. The summed E-state index contributed by atoms with van der Waals surface area (Å²) in [6.07, 6.45) is 2.32. The number of aryl methyl sites for hydroxylation is 1. The van der Waals surface area contributed by atoms with Gasteiger partial charge >= 0.3 is 0 Å². The molecule has 1 amide bonds. The molecule has 24 heavy (non-hydrogen) atoms. The van der Waals surface area contributed by atoms with Gasteiger partial charge in [-0.1, -0.05) is 17.7 Å². The van der Waals surface area contributed by atoms with E-state index in [-0.39, 0.29) is 17.3 Å². The van der Waals surface area contributed by atoms with Gasteiger partial charge in [-0.2, -0.15) is 16.5 Å². The Hall–Kier alpha value is -1.09. The molecule has 0 fully saturated rings. The predicted molar refractivity (Wildman–Crippen MR) is 99.6 cm³/mol. The molecule has 0 radical (unpaired) electrons. The van der Waals surface area contributed by atoms with E-state index in [2.05, 4.69) is 10.0 Å². The van der Waals surface area contributed by atoms with Crippen LogP contribution in [0.2, 0.25) is 0 Å². The van der Waals surface area contributed by atoms with Crippen LogP contribution in [-0.4, -0.2) is 44.5 Å². The highest BCUT2D eigenvalue weighted by Gasteiger charge is 2.26. The van der Waals surface area contributed by atoms with Gasteiger partial charge in [0.2, 0.25) is 15.9 Å². The number of nitrogens with two attached hydrogens (primary N) is 1. The molecule has 8 heteroatoms. The number of sulfonamides is 1. The summed E-state index contributed by atoms with van der Waals surface area (Å²) in [5.74, 6) is 0.304. The fourth-order valence-corrected chi connectivity index (χ4v) is 3.59. The van der Waals surface area contributed by atoms with Gasteiger partial charge in [-0.15, -0.1) is 0 Å². The second-order valence-electron chi connectivity index (χ2n) is 6.47. The normalized spacial score (nSPS) is 13.5. The summed E-state index contributed by atoms with van der Waals surface area (Å²) < 4.78 is 27.5. The Labute approximate surface area is 149 Å². The van der Waals surface area contributed by atoms with Gasteiger partial charge in [-0.25, -0.2) is 8.42 Å². The average molecular weight is 374 g/mol. The molecule has 1 aromatic carbocycles. The van der Waals surface area contributed by atoms with E-state index in [0.717, 1.165) is 5.56 Å². The van der Waals surface area contributed by atoms with Crippen LogP contribution in [0.3, 0.4) is 0 Å². The Morgan fingerprint density at radius 3 is 2.38 bits per heavy atom. The highest BCUT2D eigenvalue weighted by molar-refractivity contribution is 7.98. The van der Waals surface area contributed by atoms with Gasteiger partial charge in [-0.3, -0.25) is 4.79 Å². The highest BCUT2D eigenvalue weighted by Crippen LogP contribution is 2.12. The number of rotatable bonds is 9. The number of amides is 1. The molecule has 0 spiro atoms. The van der Waals surface area contributed by atoms with E-state index in [0.29, 0.717) is 12.2 Å². The SMILES string of the molecule is CSCCC(NS(=O)(=O)c1ccc(C)cc1)C(=O)NCC(C)(C)N. The van der Waals surface area contributed by atoms with Crippen LogP contribution in [0, 0.1) is 6.92 Å². The van der Waals surface area contributed by atoms with E-state index in [1.807, 2.05) is 13.2 Å². The van der Waals surface area contributed by atoms with Crippen molar-refractivity contribution >= 4 is 27.7 Å². The van der Waals surface area contributed by atoms with Crippen molar-refractivity contribution in [1.29, 1.82) is 0 Å².